The number of benzene rings is 1. The predicted molar refractivity (Wildman–Crippen MR) is 99.9 cm³/mol. The minimum atomic E-state index is -0.0776. The molecule has 1 aromatic carbocycles. The molecule has 1 aliphatic rings. The van der Waals surface area contributed by atoms with Gasteiger partial charge in [-0.15, -0.1) is 0 Å². The third-order valence-electron chi connectivity index (χ3n) is 3.67. The predicted octanol–water partition coefficient (Wildman–Crippen LogP) is 3.25. The number of ether oxygens (including phenoxy) is 4. The minimum absolute atomic E-state index is 0.0776. The average Bonchev–Trinajstić information content (AvgIpc) is 2.65. The molecule has 0 N–H and O–H groups in total. The molecule has 2 aromatic rings. The van der Waals surface area contributed by atoms with Crippen LogP contribution in [0, 0.1) is 5.41 Å². The Bertz CT molecular complexity index is 664. The molecule has 1 aliphatic heterocycles. The van der Waals surface area contributed by atoms with Crippen molar-refractivity contribution in [1.82, 2.24) is 4.98 Å². The van der Waals surface area contributed by atoms with Crippen molar-refractivity contribution in [2.75, 3.05) is 33.5 Å². The van der Waals surface area contributed by atoms with Crippen LogP contribution >= 0.6 is 15.9 Å². The molecule has 0 spiro atoms. The number of hydrogen-bond acceptors (Lipinski definition) is 6. The van der Waals surface area contributed by atoms with Crippen LogP contribution in [-0.4, -0.2) is 45.0 Å². The van der Waals surface area contributed by atoms with Crippen LogP contribution in [0.3, 0.4) is 0 Å². The number of methoxy groups -OCH3 is 1. The van der Waals surface area contributed by atoms with E-state index in [9.17, 15) is 0 Å². The lowest BCUT2D eigenvalue weighted by Crippen LogP contribution is -2.50. The van der Waals surface area contributed by atoms with Gasteiger partial charge < -0.3 is 18.9 Å². The van der Waals surface area contributed by atoms with E-state index in [1.807, 2.05) is 30.3 Å². The highest BCUT2D eigenvalue weighted by atomic mass is 79.9. The van der Waals surface area contributed by atoms with Crippen LogP contribution in [0.2, 0.25) is 0 Å². The number of halogens is 1. The van der Waals surface area contributed by atoms with Crippen molar-refractivity contribution in [2.24, 2.45) is 5.41 Å². The highest BCUT2D eigenvalue weighted by molar-refractivity contribution is 9.10. The molecular weight excluding hydrogens is 402 g/mol. The summed E-state index contributed by atoms with van der Waals surface area (Å²) in [6, 6.07) is 13.9. The van der Waals surface area contributed by atoms with Crippen molar-refractivity contribution in [3.63, 3.8) is 0 Å². The maximum absolute atomic E-state index is 8.95. The molecule has 1 fully saturated rings. The van der Waals surface area contributed by atoms with Gasteiger partial charge in [0.2, 0.25) is 5.88 Å². The van der Waals surface area contributed by atoms with E-state index >= 15 is 0 Å². The van der Waals surface area contributed by atoms with Crippen molar-refractivity contribution in [2.45, 2.75) is 6.61 Å². The number of rotatable bonds is 8. The van der Waals surface area contributed by atoms with Gasteiger partial charge in [-0.2, -0.15) is 0 Å². The summed E-state index contributed by atoms with van der Waals surface area (Å²) in [6.07, 6.45) is 1.72. The molecule has 0 unspecified atom stereocenters. The van der Waals surface area contributed by atoms with Crippen LogP contribution in [0.25, 0.3) is 0 Å². The van der Waals surface area contributed by atoms with Crippen LogP contribution in [0.4, 0.5) is 0 Å². The molecule has 0 bridgehead atoms. The summed E-state index contributed by atoms with van der Waals surface area (Å²) in [5, 5.41) is 0. The lowest BCUT2D eigenvalue weighted by molar-refractivity contribution is -0.166. The first-order chi connectivity index (χ1) is 12.7. The Labute approximate surface area is 161 Å². The maximum Gasteiger partial charge on any atom is 0.292 e. The summed E-state index contributed by atoms with van der Waals surface area (Å²) in [6.45, 7) is 3.46. The minimum Gasteiger partial charge on any atom is -0.476 e. The molecule has 26 heavy (non-hydrogen) atoms. The molecule has 2 heterocycles. The van der Waals surface area contributed by atoms with Gasteiger partial charge in [-0.05, 0) is 33.6 Å². The summed E-state index contributed by atoms with van der Waals surface area (Å²) < 4.78 is 21.8. The molecule has 0 aliphatic carbocycles. The van der Waals surface area contributed by atoms with E-state index < -0.39 is 0 Å². The second-order valence-electron chi connectivity index (χ2n) is 5.88. The van der Waals surface area contributed by atoms with Crippen LogP contribution < -0.4 is 4.74 Å². The number of pyridine rings is 1. The van der Waals surface area contributed by atoms with Gasteiger partial charge in [0, 0.05) is 6.20 Å². The summed E-state index contributed by atoms with van der Waals surface area (Å²) >= 11 is 3.44. The van der Waals surface area contributed by atoms with E-state index in [0.29, 0.717) is 45.4 Å². The second-order valence-corrected chi connectivity index (χ2v) is 6.74. The van der Waals surface area contributed by atoms with E-state index in [0.717, 1.165) is 4.47 Å². The molecule has 1 aromatic heterocycles. The lowest BCUT2D eigenvalue weighted by Gasteiger charge is -2.40. The number of hydrogen-bond donors (Lipinski definition) is 0. The van der Waals surface area contributed by atoms with E-state index in [-0.39, 0.29) is 5.41 Å². The van der Waals surface area contributed by atoms with Crippen molar-refractivity contribution in [1.29, 1.82) is 0 Å². The molecule has 0 atom stereocenters. The molecule has 1 saturated heterocycles. The number of nitrogens with zero attached hydrogens (tertiary/aromatic N) is 1. The fourth-order valence-electron chi connectivity index (χ4n) is 2.26. The van der Waals surface area contributed by atoms with E-state index in [1.165, 1.54) is 12.7 Å². The standard InChI is InChI=1S/C17H18BrNO3.C2H4O2/c18-15-7-4-8-19-16(15)22-13-17(11-21-12-17)10-20-9-14-5-2-1-3-6-14;1-4-2-3/h1-8H,9-13H2;2H,1H3. The van der Waals surface area contributed by atoms with E-state index in [1.54, 1.807) is 6.20 Å². The first-order valence-corrected chi connectivity index (χ1v) is 8.87. The fourth-order valence-corrected chi connectivity index (χ4v) is 2.63. The summed E-state index contributed by atoms with van der Waals surface area (Å²) in [5.41, 5.74) is 1.09. The van der Waals surface area contributed by atoms with Gasteiger partial charge in [0.25, 0.3) is 6.47 Å². The topological polar surface area (TPSA) is 66.9 Å². The molecule has 140 valence electrons. The molecular formula is C19H22BrNO5. The van der Waals surface area contributed by atoms with Crippen molar-refractivity contribution < 1.29 is 23.7 Å². The zero-order valence-electron chi connectivity index (χ0n) is 14.6. The molecule has 0 amide bonds. The van der Waals surface area contributed by atoms with Crippen LogP contribution in [0.5, 0.6) is 5.88 Å². The van der Waals surface area contributed by atoms with Crippen molar-refractivity contribution in [3.8, 4) is 5.88 Å². The van der Waals surface area contributed by atoms with Gasteiger partial charge in [-0.1, -0.05) is 30.3 Å². The zero-order chi connectivity index (χ0) is 18.7. The van der Waals surface area contributed by atoms with E-state index in [4.69, 9.17) is 19.0 Å². The van der Waals surface area contributed by atoms with Crippen molar-refractivity contribution >= 4 is 22.4 Å². The summed E-state index contributed by atoms with van der Waals surface area (Å²) in [5.74, 6) is 0.608. The van der Waals surface area contributed by atoms with Gasteiger partial charge in [0.1, 0.15) is 6.61 Å². The number of aromatic nitrogens is 1. The third-order valence-corrected chi connectivity index (χ3v) is 4.28. The quantitative estimate of drug-likeness (QED) is 0.607. The Morgan fingerprint density at radius 3 is 2.50 bits per heavy atom. The summed E-state index contributed by atoms with van der Waals surface area (Å²) in [7, 11) is 1.31. The molecule has 6 nitrogen and oxygen atoms in total. The molecule has 0 radical (unpaired) electrons. The third kappa shape index (κ3) is 6.40. The van der Waals surface area contributed by atoms with Gasteiger partial charge in [0.05, 0.1) is 43.4 Å². The summed E-state index contributed by atoms with van der Waals surface area (Å²) in [4.78, 5) is 13.2. The Hall–Kier alpha value is -1.96. The number of carbonyl (C=O) groups excluding carboxylic acids is 1. The Balaban J connectivity index is 0.000000552. The SMILES string of the molecule is Brc1cccnc1OCC1(COCc2ccccc2)COC1.COC=O. The molecule has 0 saturated carbocycles. The Morgan fingerprint density at radius 2 is 1.92 bits per heavy atom. The average molecular weight is 424 g/mol. The van der Waals surface area contributed by atoms with Crippen LogP contribution in [0.1, 0.15) is 5.56 Å². The van der Waals surface area contributed by atoms with Gasteiger partial charge >= 0.3 is 0 Å². The zero-order valence-corrected chi connectivity index (χ0v) is 16.2. The Morgan fingerprint density at radius 1 is 1.19 bits per heavy atom. The normalized spacial score (nSPS) is 14.4. The van der Waals surface area contributed by atoms with Gasteiger partial charge in [-0.3, -0.25) is 4.79 Å². The number of carbonyl (C=O) groups is 1. The largest absolute Gasteiger partial charge is 0.476 e. The smallest absolute Gasteiger partial charge is 0.292 e. The van der Waals surface area contributed by atoms with Crippen molar-refractivity contribution in [3.05, 3.63) is 58.7 Å². The van der Waals surface area contributed by atoms with E-state index in [2.05, 4.69) is 37.8 Å². The first kappa shape index (κ1) is 20.4. The van der Waals surface area contributed by atoms with Crippen LogP contribution in [-0.2, 0) is 25.6 Å². The molecule has 7 heteroatoms. The first-order valence-electron chi connectivity index (χ1n) is 8.08. The molecule has 3 rings (SSSR count). The van der Waals surface area contributed by atoms with Gasteiger partial charge in [-0.25, -0.2) is 4.98 Å². The Kier molecular flexibility index (Phi) is 8.53. The maximum atomic E-state index is 8.95. The fraction of sp³-hybridized carbons (Fsp3) is 0.368. The highest BCUT2D eigenvalue weighted by Crippen LogP contribution is 2.30. The van der Waals surface area contributed by atoms with Crippen LogP contribution in [0.15, 0.2) is 53.1 Å². The highest BCUT2D eigenvalue weighted by Gasteiger charge is 2.40. The van der Waals surface area contributed by atoms with Gasteiger partial charge in [0.15, 0.2) is 0 Å². The second kappa shape index (κ2) is 10.9. The lowest BCUT2D eigenvalue weighted by atomic mass is 9.88. The monoisotopic (exact) mass is 423 g/mol.